The molecule has 1 heterocycles. The molecule has 0 spiro atoms. The summed E-state index contributed by atoms with van der Waals surface area (Å²) >= 11 is 1.23. The van der Waals surface area contributed by atoms with Crippen LogP contribution in [-0.2, 0) is 11.0 Å². The smallest absolute Gasteiger partial charge is 0.302 e. The van der Waals surface area contributed by atoms with Crippen molar-refractivity contribution in [3.8, 4) is 11.3 Å². The van der Waals surface area contributed by atoms with E-state index in [4.69, 9.17) is 0 Å². The quantitative estimate of drug-likeness (QED) is 0.924. The number of benzene rings is 1. The Morgan fingerprint density at radius 2 is 1.95 bits per heavy atom. The predicted octanol–water partition coefficient (Wildman–Crippen LogP) is 4.18. The van der Waals surface area contributed by atoms with Gasteiger partial charge in [0.05, 0.1) is 11.3 Å². The van der Waals surface area contributed by atoms with E-state index in [0.717, 1.165) is 12.1 Å². The minimum atomic E-state index is -4.35. The van der Waals surface area contributed by atoms with E-state index in [-0.39, 0.29) is 5.91 Å². The Morgan fingerprint density at radius 3 is 2.50 bits per heavy atom. The van der Waals surface area contributed by atoms with E-state index in [1.165, 1.54) is 23.5 Å². The van der Waals surface area contributed by atoms with E-state index in [0.29, 0.717) is 22.8 Å². The van der Waals surface area contributed by atoms with Crippen molar-refractivity contribution in [3.05, 3.63) is 35.2 Å². The van der Waals surface area contributed by atoms with Crippen molar-refractivity contribution in [1.82, 2.24) is 4.98 Å². The number of alkyl halides is 3. The summed E-state index contributed by atoms with van der Waals surface area (Å²) in [6, 6.07) is 4.75. The molecule has 1 aromatic heterocycles. The molecule has 0 atom stereocenters. The van der Waals surface area contributed by atoms with Crippen molar-refractivity contribution < 1.29 is 18.0 Å². The molecule has 7 heteroatoms. The number of anilines is 1. The molecule has 20 heavy (non-hydrogen) atoms. The zero-order valence-electron chi connectivity index (χ0n) is 10.5. The maximum absolute atomic E-state index is 12.4. The molecule has 0 aliphatic rings. The van der Waals surface area contributed by atoms with Crippen LogP contribution in [0, 0.1) is 0 Å². The normalized spacial score (nSPS) is 11.4. The van der Waals surface area contributed by atoms with Gasteiger partial charge in [0.1, 0.15) is 0 Å². The Morgan fingerprint density at radius 1 is 1.30 bits per heavy atom. The van der Waals surface area contributed by atoms with Crippen molar-refractivity contribution in [2.75, 3.05) is 5.32 Å². The number of hydrogen-bond donors (Lipinski definition) is 1. The SMILES string of the molecule is CCC(=O)Nc1nc(-c2ccc(C(F)(F)F)cc2)cs1. The topological polar surface area (TPSA) is 42.0 Å². The maximum atomic E-state index is 12.4. The summed E-state index contributed by atoms with van der Waals surface area (Å²) < 4.78 is 37.3. The molecule has 0 saturated carbocycles. The summed E-state index contributed by atoms with van der Waals surface area (Å²) in [7, 11) is 0. The molecular formula is C13H11F3N2OS. The highest BCUT2D eigenvalue weighted by Crippen LogP contribution is 2.31. The van der Waals surface area contributed by atoms with Crippen LogP contribution in [0.15, 0.2) is 29.6 Å². The molecule has 1 aromatic carbocycles. The Bertz CT molecular complexity index is 605. The van der Waals surface area contributed by atoms with Gasteiger partial charge in [-0.15, -0.1) is 11.3 Å². The minimum absolute atomic E-state index is 0.154. The summed E-state index contributed by atoms with van der Waals surface area (Å²) in [5, 5.41) is 4.73. The number of carbonyl (C=O) groups is 1. The highest BCUT2D eigenvalue weighted by atomic mass is 32.1. The molecule has 106 valence electrons. The molecular weight excluding hydrogens is 289 g/mol. The lowest BCUT2D eigenvalue weighted by molar-refractivity contribution is -0.137. The molecule has 2 aromatic rings. The van der Waals surface area contributed by atoms with Crippen LogP contribution in [0.3, 0.4) is 0 Å². The van der Waals surface area contributed by atoms with Gasteiger partial charge in [-0.05, 0) is 12.1 Å². The number of amides is 1. The standard InChI is InChI=1S/C13H11F3N2OS/c1-2-11(19)18-12-17-10(7-20-12)8-3-5-9(6-4-8)13(14,15)16/h3-7H,2H2,1H3,(H,17,18,19). The molecule has 1 amide bonds. The van der Waals surface area contributed by atoms with E-state index >= 15 is 0 Å². The average molecular weight is 300 g/mol. The molecule has 0 fully saturated rings. The first-order valence-electron chi connectivity index (χ1n) is 5.83. The van der Waals surface area contributed by atoms with Crippen LogP contribution in [0.25, 0.3) is 11.3 Å². The first kappa shape index (κ1) is 14.5. The van der Waals surface area contributed by atoms with Crippen LogP contribution < -0.4 is 5.32 Å². The van der Waals surface area contributed by atoms with E-state index in [1.54, 1.807) is 12.3 Å². The van der Waals surface area contributed by atoms with Gasteiger partial charge in [-0.3, -0.25) is 4.79 Å². The number of halogens is 3. The van der Waals surface area contributed by atoms with Crippen LogP contribution in [0.1, 0.15) is 18.9 Å². The summed E-state index contributed by atoms with van der Waals surface area (Å²) in [5.41, 5.74) is 0.414. The second kappa shape index (κ2) is 5.62. The van der Waals surface area contributed by atoms with Crippen LogP contribution in [0.2, 0.25) is 0 Å². The van der Waals surface area contributed by atoms with Gasteiger partial charge in [0.2, 0.25) is 5.91 Å². The molecule has 0 bridgehead atoms. The highest BCUT2D eigenvalue weighted by Gasteiger charge is 2.30. The summed E-state index contributed by atoms with van der Waals surface area (Å²) in [5.74, 6) is -0.154. The van der Waals surface area contributed by atoms with Gasteiger partial charge in [0.15, 0.2) is 5.13 Å². The Kier molecular flexibility index (Phi) is 4.08. The summed E-state index contributed by atoms with van der Waals surface area (Å²) in [4.78, 5) is 15.4. The molecule has 1 N–H and O–H groups in total. The number of carbonyl (C=O) groups excluding carboxylic acids is 1. The molecule has 2 rings (SSSR count). The van der Waals surface area contributed by atoms with Gasteiger partial charge < -0.3 is 5.32 Å². The maximum Gasteiger partial charge on any atom is 0.416 e. The fraction of sp³-hybridized carbons (Fsp3) is 0.231. The van der Waals surface area contributed by atoms with Crippen molar-refractivity contribution in [2.24, 2.45) is 0 Å². The Labute approximate surface area is 117 Å². The Balaban J connectivity index is 2.18. The van der Waals surface area contributed by atoms with Crippen molar-refractivity contribution in [1.29, 1.82) is 0 Å². The molecule has 0 saturated heterocycles. The molecule has 0 radical (unpaired) electrons. The van der Waals surface area contributed by atoms with Gasteiger partial charge in [-0.25, -0.2) is 4.98 Å². The van der Waals surface area contributed by atoms with Crippen LogP contribution in [0.5, 0.6) is 0 Å². The number of aromatic nitrogens is 1. The average Bonchev–Trinajstić information content (AvgIpc) is 2.86. The molecule has 0 aliphatic heterocycles. The third-order valence-corrected chi connectivity index (χ3v) is 3.34. The summed E-state index contributed by atoms with van der Waals surface area (Å²) in [6.07, 6.45) is -4.00. The van der Waals surface area contributed by atoms with Gasteiger partial charge in [0.25, 0.3) is 0 Å². The van der Waals surface area contributed by atoms with Crippen molar-refractivity contribution >= 4 is 22.4 Å². The molecule has 3 nitrogen and oxygen atoms in total. The molecule has 0 unspecified atom stereocenters. The highest BCUT2D eigenvalue weighted by molar-refractivity contribution is 7.14. The fourth-order valence-corrected chi connectivity index (χ4v) is 2.24. The van der Waals surface area contributed by atoms with Crippen LogP contribution in [0.4, 0.5) is 18.3 Å². The first-order chi connectivity index (χ1) is 9.40. The van der Waals surface area contributed by atoms with Crippen molar-refractivity contribution in [2.45, 2.75) is 19.5 Å². The summed E-state index contributed by atoms with van der Waals surface area (Å²) in [6.45, 7) is 1.72. The van der Waals surface area contributed by atoms with Gasteiger partial charge >= 0.3 is 6.18 Å². The largest absolute Gasteiger partial charge is 0.416 e. The third-order valence-electron chi connectivity index (χ3n) is 2.58. The second-order valence-corrected chi connectivity index (χ2v) is 4.87. The lowest BCUT2D eigenvalue weighted by atomic mass is 10.1. The van der Waals surface area contributed by atoms with Crippen LogP contribution >= 0.6 is 11.3 Å². The van der Waals surface area contributed by atoms with Crippen LogP contribution in [-0.4, -0.2) is 10.9 Å². The lowest BCUT2D eigenvalue weighted by Crippen LogP contribution is -2.08. The van der Waals surface area contributed by atoms with Gasteiger partial charge in [0, 0.05) is 17.4 Å². The fourth-order valence-electron chi connectivity index (χ4n) is 1.50. The number of rotatable bonds is 3. The third kappa shape index (κ3) is 3.36. The number of thiazole rings is 1. The second-order valence-electron chi connectivity index (χ2n) is 4.01. The Hall–Kier alpha value is -1.89. The van der Waals surface area contributed by atoms with E-state index in [1.807, 2.05) is 0 Å². The molecule has 0 aliphatic carbocycles. The number of nitrogens with one attached hydrogen (secondary N) is 1. The van der Waals surface area contributed by atoms with Gasteiger partial charge in [-0.1, -0.05) is 19.1 Å². The van der Waals surface area contributed by atoms with Crippen molar-refractivity contribution in [3.63, 3.8) is 0 Å². The van der Waals surface area contributed by atoms with E-state index in [2.05, 4.69) is 10.3 Å². The van der Waals surface area contributed by atoms with Gasteiger partial charge in [-0.2, -0.15) is 13.2 Å². The first-order valence-corrected chi connectivity index (χ1v) is 6.71. The van der Waals surface area contributed by atoms with E-state index < -0.39 is 11.7 Å². The minimum Gasteiger partial charge on any atom is -0.302 e. The zero-order valence-corrected chi connectivity index (χ0v) is 11.3. The lowest BCUT2D eigenvalue weighted by Gasteiger charge is -2.06. The zero-order chi connectivity index (χ0) is 14.8. The predicted molar refractivity (Wildman–Crippen MR) is 71.5 cm³/mol. The number of hydrogen-bond acceptors (Lipinski definition) is 3. The number of nitrogens with zero attached hydrogens (tertiary/aromatic N) is 1. The monoisotopic (exact) mass is 300 g/mol. The van der Waals surface area contributed by atoms with E-state index in [9.17, 15) is 18.0 Å².